The predicted molar refractivity (Wildman–Crippen MR) is 60.1 cm³/mol. The molecule has 0 aliphatic rings. The molecule has 0 bridgehead atoms. The van der Waals surface area contributed by atoms with E-state index in [1.54, 1.807) is 0 Å². The van der Waals surface area contributed by atoms with Crippen LogP contribution in [0.4, 0.5) is 19.0 Å². The van der Waals surface area contributed by atoms with Crippen LogP contribution in [0.5, 0.6) is 5.88 Å². The van der Waals surface area contributed by atoms with E-state index in [1.807, 2.05) is 20.8 Å². The normalized spacial score (nSPS) is 12.4. The van der Waals surface area contributed by atoms with Crippen molar-refractivity contribution in [3.8, 4) is 5.88 Å². The smallest absolute Gasteiger partial charge is 0.422 e. The van der Waals surface area contributed by atoms with Crippen LogP contribution >= 0.6 is 0 Å². The Kier molecular flexibility index (Phi) is 4.00. The minimum absolute atomic E-state index is 0.166. The molecule has 0 saturated carbocycles. The van der Waals surface area contributed by atoms with Gasteiger partial charge in [-0.3, -0.25) is 0 Å². The summed E-state index contributed by atoms with van der Waals surface area (Å²) in [6.07, 6.45) is -4.41. The lowest BCUT2D eigenvalue weighted by molar-refractivity contribution is -0.154. The van der Waals surface area contributed by atoms with Crippen LogP contribution in [-0.4, -0.2) is 22.8 Å². The average molecular weight is 264 g/mol. The minimum atomic E-state index is -4.41. The van der Waals surface area contributed by atoms with Gasteiger partial charge in [0, 0.05) is 11.5 Å². The van der Waals surface area contributed by atoms with E-state index < -0.39 is 18.2 Å². The fraction of sp³-hybridized carbons (Fsp3) is 0.600. The first-order valence-electron chi connectivity index (χ1n) is 5.17. The first kappa shape index (κ1) is 14.5. The third kappa shape index (κ3) is 4.36. The lowest BCUT2D eigenvalue weighted by atomic mass is 9.96. The SMILES string of the molecule is CC(C)(C)c1nc(NN)cc(OCC(F)(F)F)n1. The van der Waals surface area contributed by atoms with Crippen LogP contribution in [-0.2, 0) is 5.41 Å². The number of aromatic nitrogens is 2. The second-order valence-electron chi connectivity index (χ2n) is 4.71. The van der Waals surface area contributed by atoms with Crippen LogP contribution in [0, 0.1) is 0 Å². The summed E-state index contributed by atoms with van der Waals surface area (Å²) >= 11 is 0. The van der Waals surface area contributed by atoms with Crippen LogP contribution < -0.4 is 16.0 Å². The number of anilines is 1. The Morgan fingerprint density at radius 1 is 1.28 bits per heavy atom. The Hall–Kier alpha value is -1.57. The van der Waals surface area contributed by atoms with Crippen molar-refractivity contribution in [2.24, 2.45) is 5.84 Å². The van der Waals surface area contributed by atoms with Crippen molar-refractivity contribution in [2.75, 3.05) is 12.0 Å². The Morgan fingerprint density at radius 3 is 2.33 bits per heavy atom. The molecule has 8 heteroatoms. The molecule has 0 aliphatic heterocycles. The second kappa shape index (κ2) is 4.97. The molecule has 0 radical (unpaired) electrons. The van der Waals surface area contributed by atoms with E-state index in [0.717, 1.165) is 0 Å². The van der Waals surface area contributed by atoms with Crippen molar-refractivity contribution in [2.45, 2.75) is 32.4 Å². The fourth-order valence-electron chi connectivity index (χ4n) is 1.06. The van der Waals surface area contributed by atoms with Gasteiger partial charge in [-0.25, -0.2) is 10.8 Å². The van der Waals surface area contributed by atoms with Crippen molar-refractivity contribution in [3.05, 3.63) is 11.9 Å². The van der Waals surface area contributed by atoms with Gasteiger partial charge in [-0.2, -0.15) is 18.2 Å². The third-order valence-electron chi connectivity index (χ3n) is 1.91. The number of nitrogens with zero attached hydrogens (tertiary/aromatic N) is 2. The number of nitrogens with two attached hydrogens (primary N) is 1. The maximum Gasteiger partial charge on any atom is 0.422 e. The standard InChI is InChI=1S/C10H15F3N4O/c1-9(2,3)8-15-6(17-14)4-7(16-8)18-5-10(11,12)13/h4H,5,14H2,1-3H3,(H,15,16,17). The van der Waals surface area contributed by atoms with Crippen LogP contribution in [0.25, 0.3) is 0 Å². The summed E-state index contributed by atoms with van der Waals surface area (Å²) in [7, 11) is 0. The molecule has 0 saturated heterocycles. The molecule has 1 heterocycles. The molecule has 0 unspecified atom stereocenters. The zero-order valence-corrected chi connectivity index (χ0v) is 10.3. The van der Waals surface area contributed by atoms with E-state index in [9.17, 15) is 13.2 Å². The molecule has 1 aromatic heterocycles. The summed E-state index contributed by atoms with van der Waals surface area (Å²) in [5, 5.41) is 0. The summed E-state index contributed by atoms with van der Waals surface area (Å²) < 4.78 is 40.7. The van der Waals surface area contributed by atoms with Crippen LogP contribution in [0.15, 0.2) is 6.07 Å². The van der Waals surface area contributed by atoms with Crippen molar-refractivity contribution in [1.29, 1.82) is 0 Å². The number of nitrogens with one attached hydrogen (secondary N) is 1. The Labute approximate surface area is 103 Å². The first-order chi connectivity index (χ1) is 8.12. The van der Waals surface area contributed by atoms with Gasteiger partial charge in [-0.15, -0.1) is 0 Å². The number of nitrogen functional groups attached to an aromatic ring is 1. The van der Waals surface area contributed by atoms with Crippen molar-refractivity contribution >= 4 is 5.82 Å². The quantitative estimate of drug-likeness (QED) is 0.645. The summed E-state index contributed by atoms with van der Waals surface area (Å²) in [6, 6.07) is 1.21. The van der Waals surface area contributed by atoms with Crippen LogP contribution in [0.3, 0.4) is 0 Å². The van der Waals surface area contributed by atoms with Gasteiger partial charge in [0.25, 0.3) is 0 Å². The third-order valence-corrected chi connectivity index (χ3v) is 1.91. The molecule has 0 amide bonds. The molecular weight excluding hydrogens is 249 g/mol. The van der Waals surface area contributed by atoms with Gasteiger partial charge in [0.15, 0.2) is 6.61 Å². The number of halogens is 3. The van der Waals surface area contributed by atoms with Gasteiger partial charge in [-0.05, 0) is 0 Å². The number of hydrazine groups is 1. The summed E-state index contributed by atoms with van der Waals surface area (Å²) in [5.41, 5.74) is 1.84. The molecule has 1 aromatic rings. The zero-order valence-electron chi connectivity index (χ0n) is 10.3. The van der Waals surface area contributed by atoms with Crippen molar-refractivity contribution in [3.63, 3.8) is 0 Å². The summed E-state index contributed by atoms with van der Waals surface area (Å²) in [4.78, 5) is 7.99. The number of hydrogen-bond donors (Lipinski definition) is 2. The maximum absolute atomic E-state index is 12.0. The largest absolute Gasteiger partial charge is 0.468 e. The van der Waals surface area contributed by atoms with Crippen LogP contribution in [0.1, 0.15) is 26.6 Å². The molecule has 0 atom stereocenters. The highest BCUT2D eigenvalue weighted by Crippen LogP contribution is 2.24. The Morgan fingerprint density at radius 2 is 1.89 bits per heavy atom. The van der Waals surface area contributed by atoms with Gasteiger partial charge in [0.1, 0.15) is 11.6 Å². The molecular formula is C10H15F3N4O. The van der Waals surface area contributed by atoms with E-state index in [0.29, 0.717) is 5.82 Å². The zero-order chi connectivity index (χ0) is 14.0. The maximum atomic E-state index is 12.0. The highest BCUT2D eigenvalue weighted by atomic mass is 19.4. The van der Waals surface area contributed by atoms with Gasteiger partial charge in [0.05, 0.1) is 0 Å². The van der Waals surface area contributed by atoms with Gasteiger partial charge in [-0.1, -0.05) is 20.8 Å². The van der Waals surface area contributed by atoms with Crippen LogP contribution in [0.2, 0.25) is 0 Å². The Bertz CT molecular complexity index is 415. The van der Waals surface area contributed by atoms with Crippen molar-refractivity contribution < 1.29 is 17.9 Å². The number of hydrogen-bond acceptors (Lipinski definition) is 5. The number of alkyl halides is 3. The fourth-order valence-corrected chi connectivity index (χ4v) is 1.06. The number of rotatable bonds is 3. The van der Waals surface area contributed by atoms with E-state index in [1.165, 1.54) is 6.07 Å². The second-order valence-corrected chi connectivity index (χ2v) is 4.71. The topological polar surface area (TPSA) is 73.1 Å². The minimum Gasteiger partial charge on any atom is -0.468 e. The van der Waals surface area contributed by atoms with E-state index in [4.69, 9.17) is 5.84 Å². The summed E-state index contributed by atoms with van der Waals surface area (Å²) in [5.74, 6) is 5.57. The van der Waals surface area contributed by atoms with Crippen molar-refractivity contribution in [1.82, 2.24) is 9.97 Å². The Balaban J connectivity index is 2.98. The lowest BCUT2D eigenvalue weighted by Crippen LogP contribution is -2.22. The van der Waals surface area contributed by atoms with E-state index >= 15 is 0 Å². The molecule has 5 nitrogen and oxygen atoms in total. The highest BCUT2D eigenvalue weighted by molar-refractivity contribution is 5.37. The molecule has 0 spiro atoms. The predicted octanol–water partition coefficient (Wildman–Crippen LogP) is 2.00. The molecule has 0 fully saturated rings. The van der Waals surface area contributed by atoms with Gasteiger partial charge >= 0.3 is 6.18 Å². The summed E-state index contributed by atoms with van der Waals surface area (Å²) in [6.45, 7) is 4.08. The molecule has 1 rings (SSSR count). The first-order valence-corrected chi connectivity index (χ1v) is 5.17. The molecule has 18 heavy (non-hydrogen) atoms. The molecule has 3 N–H and O–H groups in total. The highest BCUT2D eigenvalue weighted by Gasteiger charge is 2.29. The van der Waals surface area contributed by atoms with Gasteiger partial charge in [0.2, 0.25) is 5.88 Å². The van der Waals surface area contributed by atoms with E-state index in [-0.39, 0.29) is 11.7 Å². The van der Waals surface area contributed by atoms with E-state index in [2.05, 4.69) is 20.1 Å². The lowest BCUT2D eigenvalue weighted by Gasteiger charge is -2.18. The average Bonchev–Trinajstić information content (AvgIpc) is 2.24. The molecule has 102 valence electrons. The number of ether oxygens (including phenoxy) is 1. The molecule has 0 aliphatic carbocycles. The van der Waals surface area contributed by atoms with Gasteiger partial charge < -0.3 is 10.2 Å². The molecule has 0 aromatic carbocycles. The monoisotopic (exact) mass is 264 g/mol.